The van der Waals surface area contributed by atoms with Crippen LogP contribution in [-0.2, 0) is 11.3 Å². The number of anilines is 1. The number of nitrogens with zero attached hydrogens (tertiary/aromatic N) is 2. The van der Waals surface area contributed by atoms with Gasteiger partial charge in [0.1, 0.15) is 0 Å². The molecular formula is C25H33ClN4O3. The standard InChI is InChI=1S/C25H33ClN4O3/c1-5-29(15-19-6-8-30(9-7-19)18(4)31)22-12-20(11-21(26)13-22)24(32)27-14-23-16(2)10-17(3)28-25(23)33/h10-13,19H,5-9,14-15H2,1-4H3,(H,27,32)(H,28,33). The number of H-pyrrole nitrogens is 1. The summed E-state index contributed by atoms with van der Waals surface area (Å²) in [7, 11) is 0. The van der Waals surface area contributed by atoms with Crippen molar-refractivity contribution in [1.29, 1.82) is 0 Å². The maximum Gasteiger partial charge on any atom is 0.253 e. The summed E-state index contributed by atoms with van der Waals surface area (Å²) in [6.07, 6.45) is 1.93. The Labute approximate surface area is 200 Å². The molecular weight excluding hydrogens is 440 g/mol. The summed E-state index contributed by atoms with van der Waals surface area (Å²) in [5.41, 5.74) is 3.35. The number of amides is 2. The molecule has 2 amide bonds. The average Bonchev–Trinajstić information content (AvgIpc) is 2.76. The highest BCUT2D eigenvalue weighted by molar-refractivity contribution is 6.31. The zero-order valence-corrected chi connectivity index (χ0v) is 20.6. The van der Waals surface area contributed by atoms with Gasteiger partial charge in [-0.15, -0.1) is 0 Å². The van der Waals surface area contributed by atoms with E-state index in [0.29, 0.717) is 22.1 Å². The van der Waals surface area contributed by atoms with E-state index in [9.17, 15) is 14.4 Å². The summed E-state index contributed by atoms with van der Waals surface area (Å²) in [4.78, 5) is 43.6. The number of pyridine rings is 1. The molecule has 7 nitrogen and oxygen atoms in total. The number of aryl methyl sites for hydroxylation is 2. The third-order valence-electron chi connectivity index (χ3n) is 6.35. The molecule has 3 rings (SSSR count). The molecule has 0 saturated carbocycles. The first-order valence-corrected chi connectivity index (χ1v) is 11.8. The number of nitrogens with one attached hydrogen (secondary N) is 2. The number of aromatic amines is 1. The van der Waals surface area contributed by atoms with E-state index in [1.165, 1.54) is 0 Å². The minimum absolute atomic E-state index is 0.133. The molecule has 2 N–H and O–H groups in total. The topological polar surface area (TPSA) is 85.5 Å². The normalized spacial score (nSPS) is 14.3. The second kappa shape index (κ2) is 10.9. The molecule has 1 aromatic carbocycles. The maximum absolute atomic E-state index is 12.9. The Balaban J connectivity index is 1.69. The van der Waals surface area contributed by atoms with Crippen LogP contribution in [0.4, 0.5) is 5.69 Å². The molecule has 0 atom stereocenters. The van der Waals surface area contributed by atoms with Crippen LogP contribution >= 0.6 is 11.6 Å². The highest BCUT2D eigenvalue weighted by atomic mass is 35.5. The average molecular weight is 473 g/mol. The van der Waals surface area contributed by atoms with Crippen LogP contribution in [-0.4, -0.2) is 47.9 Å². The van der Waals surface area contributed by atoms with Gasteiger partial charge in [0, 0.05) is 67.2 Å². The summed E-state index contributed by atoms with van der Waals surface area (Å²) >= 11 is 6.37. The van der Waals surface area contributed by atoms with E-state index in [4.69, 9.17) is 11.6 Å². The van der Waals surface area contributed by atoms with Gasteiger partial charge in [0.05, 0.1) is 0 Å². The van der Waals surface area contributed by atoms with Crippen LogP contribution in [0.5, 0.6) is 0 Å². The molecule has 2 heterocycles. The van der Waals surface area contributed by atoms with E-state index in [1.807, 2.05) is 36.9 Å². The number of halogens is 1. The molecule has 0 unspecified atom stereocenters. The first-order chi connectivity index (χ1) is 15.7. The number of piperidine rings is 1. The molecule has 1 aromatic heterocycles. The molecule has 1 aliphatic rings. The van der Waals surface area contributed by atoms with Crippen molar-refractivity contribution in [3.05, 3.63) is 62.0 Å². The van der Waals surface area contributed by atoms with Crippen LogP contribution in [0.2, 0.25) is 5.02 Å². The number of rotatable bonds is 7. The van der Waals surface area contributed by atoms with Gasteiger partial charge in [-0.3, -0.25) is 14.4 Å². The second-order valence-corrected chi connectivity index (χ2v) is 9.25. The van der Waals surface area contributed by atoms with Gasteiger partial charge in [0.2, 0.25) is 5.91 Å². The van der Waals surface area contributed by atoms with E-state index in [1.54, 1.807) is 13.0 Å². The molecule has 2 aromatic rings. The van der Waals surface area contributed by atoms with Gasteiger partial charge < -0.3 is 20.1 Å². The van der Waals surface area contributed by atoms with Crippen molar-refractivity contribution >= 4 is 29.1 Å². The Morgan fingerprint density at radius 2 is 1.88 bits per heavy atom. The lowest BCUT2D eigenvalue weighted by molar-refractivity contribution is -0.130. The van der Waals surface area contributed by atoms with Gasteiger partial charge in [-0.1, -0.05) is 11.6 Å². The van der Waals surface area contributed by atoms with E-state index in [2.05, 4.69) is 22.1 Å². The van der Waals surface area contributed by atoms with Crippen LogP contribution in [0.3, 0.4) is 0 Å². The number of carbonyl (C=O) groups excluding carboxylic acids is 2. The third kappa shape index (κ3) is 6.38. The maximum atomic E-state index is 12.9. The van der Waals surface area contributed by atoms with Gasteiger partial charge >= 0.3 is 0 Å². The zero-order chi connectivity index (χ0) is 24.1. The quantitative estimate of drug-likeness (QED) is 0.644. The van der Waals surface area contributed by atoms with Crippen molar-refractivity contribution in [2.24, 2.45) is 5.92 Å². The number of benzene rings is 1. The summed E-state index contributed by atoms with van der Waals surface area (Å²) in [5, 5.41) is 3.34. The van der Waals surface area contributed by atoms with Crippen LogP contribution in [0, 0.1) is 19.8 Å². The summed E-state index contributed by atoms with van der Waals surface area (Å²) in [6, 6.07) is 7.26. The van der Waals surface area contributed by atoms with Crippen molar-refractivity contribution in [3.63, 3.8) is 0 Å². The number of hydrogen-bond donors (Lipinski definition) is 2. The molecule has 1 aliphatic heterocycles. The second-order valence-electron chi connectivity index (χ2n) is 8.81. The molecule has 1 saturated heterocycles. The lowest BCUT2D eigenvalue weighted by Crippen LogP contribution is -2.40. The minimum Gasteiger partial charge on any atom is -0.371 e. The molecule has 178 valence electrons. The van der Waals surface area contributed by atoms with Crippen LogP contribution < -0.4 is 15.8 Å². The summed E-state index contributed by atoms with van der Waals surface area (Å²) < 4.78 is 0. The van der Waals surface area contributed by atoms with Crippen molar-refractivity contribution in [2.75, 3.05) is 31.1 Å². The molecule has 0 spiro atoms. The predicted molar refractivity (Wildman–Crippen MR) is 132 cm³/mol. The third-order valence-corrected chi connectivity index (χ3v) is 6.57. The Hall–Kier alpha value is -2.80. The van der Waals surface area contributed by atoms with Crippen molar-refractivity contribution in [2.45, 2.75) is 47.1 Å². The van der Waals surface area contributed by atoms with Crippen molar-refractivity contribution in [3.8, 4) is 0 Å². The predicted octanol–water partition coefficient (Wildman–Crippen LogP) is 3.66. The minimum atomic E-state index is -0.274. The first-order valence-electron chi connectivity index (χ1n) is 11.5. The van der Waals surface area contributed by atoms with Crippen LogP contribution in [0.1, 0.15) is 53.9 Å². The number of hydrogen-bond acceptors (Lipinski definition) is 4. The smallest absolute Gasteiger partial charge is 0.253 e. The fourth-order valence-electron chi connectivity index (χ4n) is 4.42. The Kier molecular flexibility index (Phi) is 8.19. The molecule has 0 radical (unpaired) electrons. The van der Waals surface area contributed by atoms with Gasteiger partial charge in [-0.2, -0.15) is 0 Å². The zero-order valence-electron chi connectivity index (χ0n) is 19.8. The molecule has 0 aliphatic carbocycles. The Morgan fingerprint density at radius 1 is 1.18 bits per heavy atom. The van der Waals surface area contributed by atoms with Crippen molar-refractivity contribution < 1.29 is 9.59 Å². The molecule has 8 heteroatoms. The number of aromatic nitrogens is 1. The lowest BCUT2D eigenvalue weighted by Gasteiger charge is -2.35. The van der Waals surface area contributed by atoms with Gasteiger partial charge in [0.15, 0.2) is 0 Å². The fourth-order valence-corrected chi connectivity index (χ4v) is 4.65. The Bertz CT molecular complexity index is 1070. The van der Waals surface area contributed by atoms with E-state index in [0.717, 1.165) is 56.0 Å². The van der Waals surface area contributed by atoms with Gasteiger partial charge in [-0.05, 0) is 69.4 Å². The van der Waals surface area contributed by atoms with Crippen LogP contribution in [0.25, 0.3) is 0 Å². The van der Waals surface area contributed by atoms with E-state index < -0.39 is 0 Å². The highest BCUT2D eigenvalue weighted by Gasteiger charge is 2.23. The first kappa shape index (κ1) is 24.8. The van der Waals surface area contributed by atoms with Crippen molar-refractivity contribution in [1.82, 2.24) is 15.2 Å². The van der Waals surface area contributed by atoms with Gasteiger partial charge in [0.25, 0.3) is 11.5 Å². The molecule has 0 bridgehead atoms. The van der Waals surface area contributed by atoms with E-state index >= 15 is 0 Å². The largest absolute Gasteiger partial charge is 0.371 e. The number of carbonyl (C=O) groups is 2. The summed E-state index contributed by atoms with van der Waals surface area (Å²) in [5.74, 6) is 0.339. The monoisotopic (exact) mass is 472 g/mol. The SMILES string of the molecule is CCN(CC1CCN(C(C)=O)CC1)c1cc(Cl)cc(C(=O)NCc2c(C)cc(C)[nH]c2=O)c1. The highest BCUT2D eigenvalue weighted by Crippen LogP contribution is 2.26. The lowest BCUT2D eigenvalue weighted by atomic mass is 9.96. The number of likely N-dealkylation sites (tertiary alicyclic amines) is 1. The Morgan fingerprint density at radius 3 is 2.48 bits per heavy atom. The van der Waals surface area contributed by atoms with Crippen LogP contribution in [0.15, 0.2) is 29.1 Å². The molecule has 1 fully saturated rings. The van der Waals surface area contributed by atoms with E-state index in [-0.39, 0.29) is 23.9 Å². The fraction of sp³-hybridized carbons (Fsp3) is 0.480. The molecule has 33 heavy (non-hydrogen) atoms. The summed E-state index contributed by atoms with van der Waals surface area (Å²) in [6.45, 7) is 10.8. The van der Waals surface area contributed by atoms with Gasteiger partial charge in [-0.25, -0.2) is 0 Å².